The van der Waals surface area contributed by atoms with E-state index in [0.29, 0.717) is 6.61 Å². The van der Waals surface area contributed by atoms with Crippen molar-refractivity contribution >= 4 is 0 Å². The van der Waals surface area contributed by atoms with Crippen LogP contribution in [-0.4, -0.2) is 28.5 Å². The summed E-state index contributed by atoms with van der Waals surface area (Å²) in [4.78, 5) is 4.52. The van der Waals surface area contributed by atoms with Crippen molar-refractivity contribution in [1.82, 2.24) is 14.8 Å². The lowest BCUT2D eigenvalue weighted by atomic mass is 10.1. The maximum Gasteiger partial charge on any atom is 0.181 e. The van der Waals surface area contributed by atoms with Gasteiger partial charge < -0.3 is 9.47 Å². The molecule has 3 rings (SSSR count). The highest BCUT2D eigenvalue weighted by Gasteiger charge is 2.11. The zero-order valence-electron chi connectivity index (χ0n) is 14.9. The molecule has 0 bridgehead atoms. The lowest BCUT2D eigenvalue weighted by molar-refractivity contribution is 0.202. The standard InChI is InChI=1S/C20H23N3O2/c1-15-21-20(22-23(15)2)19-7-5-4-6-17(19)14-25-18-10-8-16(9-11-18)12-13-24-3/h4-11H,12-14H2,1-3H3. The number of rotatable bonds is 7. The molecule has 5 nitrogen and oxygen atoms in total. The summed E-state index contributed by atoms with van der Waals surface area (Å²) in [7, 11) is 3.61. The van der Waals surface area contributed by atoms with Gasteiger partial charge in [0.2, 0.25) is 0 Å². The van der Waals surface area contributed by atoms with E-state index in [1.54, 1.807) is 11.8 Å². The van der Waals surface area contributed by atoms with Crippen LogP contribution in [0.1, 0.15) is 17.0 Å². The molecule has 0 aliphatic rings. The lowest BCUT2D eigenvalue weighted by Crippen LogP contribution is -1.99. The van der Waals surface area contributed by atoms with Gasteiger partial charge in [-0.15, -0.1) is 0 Å². The summed E-state index contributed by atoms with van der Waals surface area (Å²) in [5.74, 6) is 2.47. The molecular formula is C20H23N3O2. The molecule has 0 atom stereocenters. The highest BCUT2D eigenvalue weighted by molar-refractivity contribution is 5.59. The molecule has 0 N–H and O–H groups in total. The smallest absolute Gasteiger partial charge is 0.181 e. The normalized spacial score (nSPS) is 10.8. The highest BCUT2D eigenvalue weighted by Crippen LogP contribution is 2.22. The second kappa shape index (κ2) is 7.94. The number of hydrogen-bond acceptors (Lipinski definition) is 4. The summed E-state index contributed by atoms with van der Waals surface area (Å²) < 4.78 is 12.8. The van der Waals surface area contributed by atoms with E-state index in [2.05, 4.69) is 22.2 Å². The van der Waals surface area contributed by atoms with Crippen molar-refractivity contribution in [2.45, 2.75) is 20.0 Å². The first-order valence-electron chi connectivity index (χ1n) is 8.34. The zero-order valence-corrected chi connectivity index (χ0v) is 14.9. The first-order chi connectivity index (χ1) is 12.2. The summed E-state index contributed by atoms with van der Waals surface area (Å²) in [5, 5.41) is 4.47. The van der Waals surface area contributed by atoms with E-state index in [1.807, 2.05) is 50.4 Å². The second-order valence-corrected chi connectivity index (χ2v) is 5.94. The Labute approximate surface area is 148 Å². The van der Waals surface area contributed by atoms with Gasteiger partial charge in [0.05, 0.1) is 6.61 Å². The molecule has 0 saturated heterocycles. The van der Waals surface area contributed by atoms with Crippen LogP contribution in [0.3, 0.4) is 0 Å². The van der Waals surface area contributed by atoms with Gasteiger partial charge in [0.15, 0.2) is 5.82 Å². The monoisotopic (exact) mass is 337 g/mol. The third-order valence-corrected chi connectivity index (χ3v) is 4.15. The van der Waals surface area contributed by atoms with Gasteiger partial charge >= 0.3 is 0 Å². The van der Waals surface area contributed by atoms with Crippen molar-refractivity contribution in [3.63, 3.8) is 0 Å². The molecule has 5 heteroatoms. The minimum atomic E-state index is 0.477. The molecule has 0 aliphatic carbocycles. The molecule has 0 radical (unpaired) electrons. The topological polar surface area (TPSA) is 49.2 Å². The van der Waals surface area contributed by atoms with Crippen LogP contribution in [0.2, 0.25) is 0 Å². The second-order valence-electron chi connectivity index (χ2n) is 5.94. The van der Waals surface area contributed by atoms with E-state index in [9.17, 15) is 0 Å². The lowest BCUT2D eigenvalue weighted by Gasteiger charge is -2.10. The molecule has 0 fully saturated rings. The van der Waals surface area contributed by atoms with Gasteiger partial charge in [0, 0.05) is 25.3 Å². The fourth-order valence-corrected chi connectivity index (χ4v) is 2.57. The minimum absolute atomic E-state index is 0.477. The number of nitrogens with zero attached hydrogens (tertiary/aromatic N) is 3. The Bertz CT molecular complexity index is 806. The van der Waals surface area contributed by atoms with E-state index in [4.69, 9.17) is 9.47 Å². The summed E-state index contributed by atoms with van der Waals surface area (Å²) in [5.41, 5.74) is 3.31. The van der Waals surface area contributed by atoms with Crippen molar-refractivity contribution in [2.75, 3.05) is 13.7 Å². The Kier molecular flexibility index (Phi) is 5.46. The average Bonchev–Trinajstić information content (AvgIpc) is 2.98. The molecule has 130 valence electrons. The van der Waals surface area contributed by atoms with Crippen molar-refractivity contribution in [3.05, 3.63) is 65.5 Å². The van der Waals surface area contributed by atoms with Crippen molar-refractivity contribution in [1.29, 1.82) is 0 Å². The first-order valence-corrected chi connectivity index (χ1v) is 8.34. The summed E-state index contributed by atoms with van der Waals surface area (Å²) in [6.07, 6.45) is 0.907. The molecule has 3 aromatic rings. The van der Waals surface area contributed by atoms with Gasteiger partial charge in [-0.05, 0) is 31.0 Å². The predicted octanol–water partition coefficient (Wildman–Crippen LogP) is 3.56. The molecule has 0 aliphatic heterocycles. The molecule has 1 heterocycles. The summed E-state index contributed by atoms with van der Waals surface area (Å²) >= 11 is 0. The number of aromatic nitrogens is 3. The van der Waals surface area contributed by atoms with Crippen LogP contribution in [0.4, 0.5) is 0 Å². The van der Waals surface area contributed by atoms with Gasteiger partial charge in [-0.25, -0.2) is 4.98 Å². The largest absolute Gasteiger partial charge is 0.489 e. The van der Waals surface area contributed by atoms with Gasteiger partial charge in [0.1, 0.15) is 18.2 Å². The van der Waals surface area contributed by atoms with Crippen molar-refractivity contribution in [3.8, 4) is 17.1 Å². The van der Waals surface area contributed by atoms with Gasteiger partial charge in [0.25, 0.3) is 0 Å². The van der Waals surface area contributed by atoms with Crippen molar-refractivity contribution < 1.29 is 9.47 Å². The zero-order chi connectivity index (χ0) is 17.6. The maximum atomic E-state index is 5.96. The summed E-state index contributed by atoms with van der Waals surface area (Å²) in [6.45, 7) is 3.15. The van der Waals surface area contributed by atoms with E-state index in [1.165, 1.54) is 5.56 Å². The molecular weight excluding hydrogens is 314 g/mol. The van der Waals surface area contributed by atoms with Crippen LogP contribution in [-0.2, 0) is 24.8 Å². The van der Waals surface area contributed by atoms with Crippen LogP contribution in [0.5, 0.6) is 5.75 Å². The predicted molar refractivity (Wildman–Crippen MR) is 97.5 cm³/mol. The van der Waals surface area contributed by atoms with Gasteiger partial charge in [-0.2, -0.15) is 5.10 Å². The van der Waals surface area contributed by atoms with Crippen LogP contribution < -0.4 is 4.74 Å². The van der Waals surface area contributed by atoms with Crippen LogP contribution in [0.15, 0.2) is 48.5 Å². The quantitative estimate of drug-likeness (QED) is 0.661. The highest BCUT2D eigenvalue weighted by atomic mass is 16.5. The maximum absolute atomic E-state index is 5.96. The Balaban J connectivity index is 1.71. The Morgan fingerprint density at radius 2 is 1.80 bits per heavy atom. The molecule has 0 unspecified atom stereocenters. The molecule has 25 heavy (non-hydrogen) atoms. The molecule has 0 amide bonds. The fraction of sp³-hybridized carbons (Fsp3) is 0.300. The van der Waals surface area contributed by atoms with Crippen LogP contribution >= 0.6 is 0 Å². The average molecular weight is 337 g/mol. The number of methoxy groups -OCH3 is 1. The fourth-order valence-electron chi connectivity index (χ4n) is 2.57. The molecule has 1 aromatic heterocycles. The van der Waals surface area contributed by atoms with E-state index >= 15 is 0 Å². The molecule has 2 aromatic carbocycles. The Hall–Kier alpha value is -2.66. The third-order valence-electron chi connectivity index (χ3n) is 4.15. The SMILES string of the molecule is COCCc1ccc(OCc2ccccc2-c2nc(C)n(C)n2)cc1. The van der Waals surface area contributed by atoms with Crippen LogP contribution in [0, 0.1) is 6.92 Å². The molecule has 0 spiro atoms. The Morgan fingerprint density at radius 1 is 1.04 bits per heavy atom. The third kappa shape index (κ3) is 4.25. The Morgan fingerprint density at radius 3 is 2.48 bits per heavy atom. The first kappa shape index (κ1) is 17.2. The van der Waals surface area contributed by atoms with E-state index in [0.717, 1.165) is 41.6 Å². The van der Waals surface area contributed by atoms with Gasteiger partial charge in [-0.1, -0.05) is 36.4 Å². The number of ether oxygens (including phenoxy) is 2. The minimum Gasteiger partial charge on any atom is -0.489 e. The number of aryl methyl sites for hydroxylation is 2. The van der Waals surface area contributed by atoms with E-state index < -0.39 is 0 Å². The van der Waals surface area contributed by atoms with Crippen LogP contribution in [0.25, 0.3) is 11.4 Å². The van der Waals surface area contributed by atoms with Crippen molar-refractivity contribution in [2.24, 2.45) is 7.05 Å². The van der Waals surface area contributed by atoms with E-state index in [-0.39, 0.29) is 0 Å². The number of hydrogen-bond donors (Lipinski definition) is 0. The number of benzene rings is 2. The molecule has 0 saturated carbocycles. The van der Waals surface area contributed by atoms with Gasteiger partial charge in [-0.3, -0.25) is 4.68 Å². The summed E-state index contributed by atoms with van der Waals surface area (Å²) in [6, 6.07) is 16.2.